The van der Waals surface area contributed by atoms with Crippen molar-refractivity contribution in [3.63, 3.8) is 0 Å². The minimum Gasteiger partial charge on any atom is -0.454 e. The molecule has 3 aromatic rings. The van der Waals surface area contributed by atoms with E-state index < -0.39 is 0 Å². The number of pyridine rings is 1. The second kappa shape index (κ2) is 9.79. The lowest BCUT2D eigenvalue weighted by atomic mass is 9.95. The number of fused-ring (bicyclic) bond motifs is 2. The molecule has 1 saturated heterocycles. The molecule has 0 spiro atoms. The van der Waals surface area contributed by atoms with Crippen LogP contribution in [0.15, 0.2) is 24.4 Å². The van der Waals surface area contributed by atoms with Gasteiger partial charge in [0, 0.05) is 54.3 Å². The average Bonchev–Trinajstić information content (AvgIpc) is 3.50. The van der Waals surface area contributed by atoms with Crippen molar-refractivity contribution in [1.82, 2.24) is 19.7 Å². The number of nitrogens with one attached hydrogen (secondary N) is 1. The van der Waals surface area contributed by atoms with Crippen LogP contribution in [0, 0.1) is 19.8 Å². The fraction of sp³-hybridized carbons (Fsp3) is 0.481. The molecule has 190 valence electrons. The number of carbonyl (C=O) groups excluding carboxylic acids is 2. The highest BCUT2D eigenvalue weighted by Crippen LogP contribution is 2.34. The van der Waals surface area contributed by atoms with Gasteiger partial charge in [0.2, 0.25) is 18.6 Å². The number of rotatable bonds is 6. The van der Waals surface area contributed by atoms with Crippen LogP contribution >= 0.6 is 0 Å². The second-order valence-electron chi connectivity index (χ2n) is 9.93. The summed E-state index contributed by atoms with van der Waals surface area (Å²) in [5, 5.41) is 8.53. The van der Waals surface area contributed by atoms with Crippen molar-refractivity contribution < 1.29 is 19.1 Å². The smallest absolute Gasteiger partial charge is 0.231 e. The maximum absolute atomic E-state index is 13.0. The summed E-state index contributed by atoms with van der Waals surface area (Å²) in [5.41, 5.74) is 4.82. The van der Waals surface area contributed by atoms with Crippen LogP contribution in [0.25, 0.3) is 11.0 Å². The first-order valence-electron chi connectivity index (χ1n) is 12.6. The first-order valence-corrected chi connectivity index (χ1v) is 12.6. The Balaban J connectivity index is 1.15. The van der Waals surface area contributed by atoms with Gasteiger partial charge < -0.3 is 19.7 Å². The van der Waals surface area contributed by atoms with E-state index in [0.717, 1.165) is 27.9 Å². The summed E-state index contributed by atoms with van der Waals surface area (Å²) in [4.78, 5) is 32.5. The predicted octanol–water partition coefficient (Wildman–Crippen LogP) is 4.17. The number of aryl methyl sites for hydroxylation is 2. The molecule has 0 saturated carbocycles. The zero-order valence-corrected chi connectivity index (χ0v) is 21.3. The highest BCUT2D eigenvalue weighted by Gasteiger charge is 2.28. The molecule has 4 heterocycles. The Morgan fingerprint density at radius 2 is 1.89 bits per heavy atom. The number of hydrogen-bond donors (Lipinski definition) is 1. The molecule has 2 amide bonds. The lowest BCUT2D eigenvalue weighted by Crippen LogP contribution is -2.41. The molecular weight excluding hydrogens is 458 g/mol. The summed E-state index contributed by atoms with van der Waals surface area (Å²) in [6.45, 7) is 9.67. The van der Waals surface area contributed by atoms with Gasteiger partial charge in [0.05, 0.1) is 6.20 Å². The van der Waals surface area contributed by atoms with Gasteiger partial charge in [-0.1, -0.05) is 0 Å². The maximum Gasteiger partial charge on any atom is 0.231 e. The Hall–Kier alpha value is -3.62. The molecule has 1 N–H and O–H groups in total. The molecule has 1 fully saturated rings. The van der Waals surface area contributed by atoms with Gasteiger partial charge in [0.15, 0.2) is 17.1 Å². The van der Waals surface area contributed by atoms with Gasteiger partial charge in [-0.2, -0.15) is 5.10 Å². The third-order valence-corrected chi connectivity index (χ3v) is 7.27. The molecular formula is C27H33N5O4. The predicted molar refractivity (Wildman–Crippen MR) is 136 cm³/mol. The molecule has 1 aromatic carbocycles. The van der Waals surface area contributed by atoms with Crippen LogP contribution in [0.5, 0.6) is 11.5 Å². The van der Waals surface area contributed by atoms with Crippen LogP contribution in [0.2, 0.25) is 0 Å². The SMILES string of the molecule is Cc1nc2c(cnn2C(C)C)c(C)c1CCC(=O)N1CCC(C(=O)Nc2ccc3c(c2)OCO3)CC1. The molecule has 0 bridgehead atoms. The number of carbonyl (C=O) groups is 2. The monoisotopic (exact) mass is 491 g/mol. The van der Waals surface area contributed by atoms with E-state index in [2.05, 4.69) is 31.2 Å². The Morgan fingerprint density at radius 1 is 1.14 bits per heavy atom. The molecule has 9 heteroatoms. The van der Waals surface area contributed by atoms with E-state index in [0.29, 0.717) is 56.0 Å². The quantitative estimate of drug-likeness (QED) is 0.556. The number of anilines is 1. The number of amides is 2. The summed E-state index contributed by atoms with van der Waals surface area (Å²) >= 11 is 0. The number of hydrogen-bond acceptors (Lipinski definition) is 6. The number of likely N-dealkylation sites (tertiary alicyclic amines) is 1. The molecule has 5 rings (SSSR count). The fourth-order valence-corrected chi connectivity index (χ4v) is 5.14. The van der Waals surface area contributed by atoms with E-state index in [1.807, 2.05) is 28.8 Å². The largest absolute Gasteiger partial charge is 0.454 e. The van der Waals surface area contributed by atoms with Gasteiger partial charge in [0.1, 0.15) is 0 Å². The second-order valence-corrected chi connectivity index (χ2v) is 9.93. The van der Waals surface area contributed by atoms with Crippen molar-refractivity contribution in [1.29, 1.82) is 0 Å². The summed E-state index contributed by atoms with van der Waals surface area (Å²) in [6, 6.07) is 5.63. The molecule has 0 aliphatic carbocycles. The molecule has 0 radical (unpaired) electrons. The van der Waals surface area contributed by atoms with E-state index in [-0.39, 0.29) is 30.6 Å². The van der Waals surface area contributed by atoms with Crippen molar-refractivity contribution in [3.05, 3.63) is 41.2 Å². The van der Waals surface area contributed by atoms with Crippen molar-refractivity contribution >= 4 is 28.5 Å². The van der Waals surface area contributed by atoms with Gasteiger partial charge in [-0.25, -0.2) is 9.67 Å². The Morgan fingerprint density at radius 3 is 2.64 bits per heavy atom. The normalized spacial score (nSPS) is 15.6. The molecule has 0 atom stereocenters. The van der Waals surface area contributed by atoms with Gasteiger partial charge in [-0.05, 0) is 70.2 Å². The van der Waals surface area contributed by atoms with Crippen LogP contribution in [0.3, 0.4) is 0 Å². The summed E-state index contributed by atoms with van der Waals surface area (Å²) in [5.74, 6) is 1.32. The summed E-state index contributed by atoms with van der Waals surface area (Å²) in [6.07, 6.45) is 4.27. The van der Waals surface area contributed by atoms with Crippen LogP contribution in [0.4, 0.5) is 5.69 Å². The maximum atomic E-state index is 13.0. The highest BCUT2D eigenvalue weighted by atomic mass is 16.7. The first kappa shape index (κ1) is 24.1. The number of aromatic nitrogens is 3. The van der Waals surface area contributed by atoms with E-state index in [9.17, 15) is 9.59 Å². The van der Waals surface area contributed by atoms with Crippen LogP contribution in [-0.2, 0) is 16.0 Å². The van der Waals surface area contributed by atoms with Crippen molar-refractivity contribution in [2.24, 2.45) is 5.92 Å². The molecule has 2 aliphatic heterocycles. The number of piperidine rings is 1. The van der Waals surface area contributed by atoms with E-state index in [1.54, 1.807) is 12.1 Å². The topological polar surface area (TPSA) is 98.6 Å². The van der Waals surface area contributed by atoms with Crippen molar-refractivity contribution in [2.75, 3.05) is 25.2 Å². The van der Waals surface area contributed by atoms with E-state index in [1.165, 1.54) is 0 Å². The first-order chi connectivity index (χ1) is 17.3. The molecule has 36 heavy (non-hydrogen) atoms. The summed E-state index contributed by atoms with van der Waals surface area (Å²) in [7, 11) is 0. The fourth-order valence-electron chi connectivity index (χ4n) is 5.14. The molecule has 9 nitrogen and oxygen atoms in total. The zero-order chi connectivity index (χ0) is 25.4. The Bertz CT molecular complexity index is 1310. The van der Waals surface area contributed by atoms with Crippen LogP contribution in [0.1, 0.15) is 56.0 Å². The van der Waals surface area contributed by atoms with E-state index >= 15 is 0 Å². The van der Waals surface area contributed by atoms with Crippen LogP contribution in [-0.4, -0.2) is 51.4 Å². The van der Waals surface area contributed by atoms with Crippen LogP contribution < -0.4 is 14.8 Å². The minimum atomic E-state index is -0.118. The lowest BCUT2D eigenvalue weighted by Gasteiger charge is -2.31. The Kier molecular flexibility index (Phi) is 6.55. The van der Waals surface area contributed by atoms with Crippen molar-refractivity contribution in [2.45, 2.75) is 59.4 Å². The molecule has 2 aromatic heterocycles. The minimum absolute atomic E-state index is 0.0199. The van der Waals surface area contributed by atoms with Crippen molar-refractivity contribution in [3.8, 4) is 11.5 Å². The van der Waals surface area contributed by atoms with E-state index in [4.69, 9.17) is 14.5 Å². The van der Waals surface area contributed by atoms with Gasteiger partial charge >= 0.3 is 0 Å². The number of benzene rings is 1. The third-order valence-electron chi connectivity index (χ3n) is 7.27. The lowest BCUT2D eigenvalue weighted by molar-refractivity contribution is -0.134. The third kappa shape index (κ3) is 4.62. The standard InChI is InChI=1S/C27H33N5O4/c1-16(2)32-26-22(14-28-32)17(3)21(18(4)29-26)6-8-25(33)31-11-9-19(10-12-31)27(34)30-20-5-7-23-24(13-20)36-15-35-23/h5,7,13-14,16,19H,6,8-12,15H2,1-4H3,(H,30,34). The Labute approximate surface area is 210 Å². The highest BCUT2D eigenvalue weighted by molar-refractivity contribution is 5.93. The number of nitrogens with zero attached hydrogens (tertiary/aromatic N) is 4. The molecule has 2 aliphatic rings. The number of ether oxygens (including phenoxy) is 2. The average molecular weight is 492 g/mol. The molecule has 0 unspecified atom stereocenters. The summed E-state index contributed by atoms with van der Waals surface area (Å²) < 4.78 is 12.6. The van der Waals surface area contributed by atoms with Gasteiger partial charge in [0.25, 0.3) is 0 Å². The zero-order valence-electron chi connectivity index (χ0n) is 21.3. The van der Waals surface area contributed by atoms with Gasteiger partial charge in [-0.3, -0.25) is 9.59 Å². The van der Waals surface area contributed by atoms with Gasteiger partial charge in [-0.15, -0.1) is 0 Å².